The molecule has 0 aromatic rings. The topological polar surface area (TPSA) is 18.5 Å². The lowest BCUT2D eigenvalue weighted by atomic mass is 9.85. The van der Waals surface area contributed by atoms with Crippen LogP contribution in [0.5, 0.6) is 0 Å². The number of hydrogen-bond acceptors (Lipinski definition) is 3. The van der Waals surface area contributed by atoms with Crippen LogP contribution < -0.4 is 5.32 Å². The van der Waals surface area contributed by atoms with Crippen LogP contribution in [-0.2, 0) is 0 Å². The number of piperazine rings is 1. The Labute approximate surface area is 131 Å². The Morgan fingerprint density at radius 1 is 1.05 bits per heavy atom. The van der Waals surface area contributed by atoms with Crippen LogP contribution in [0.2, 0.25) is 0 Å². The van der Waals surface area contributed by atoms with Gasteiger partial charge in [-0.2, -0.15) is 0 Å². The molecular formula is C18H35N3. The zero-order valence-corrected chi connectivity index (χ0v) is 14.2. The van der Waals surface area contributed by atoms with E-state index in [0.29, 0.717) is 5.41 Å². The molecule has 1 saturated heterocycles. The average molecular weight is 293 g/mol. The van der Waals surface area contributed by atoms with E-state index in [0.717, 1.165) is 12.0 Å². The maximum absolute atomic E-state index is 3.76. The number of nitrogens with zero attached hydrogens (tertiary/aromatic N) is 2. The second kappa shape index (κ2) is 6.97. The second-order valence-electron chi connectivity index (χ2n) is 8.28. The minimum atomic E-state index is 0.580. The summed E-state index contributed by atoms with van der Waals surface area (Å²) in [4.78, 5) is 5.50. The van der Waals surface area contributed by atoms with Gasteiger partial charge in [-0.25, -0.2) is 0 Å². The monoisotopic (exact) mass is 293 g/mol. The molecule has 0 aromatic carbocycles. The zero-order valence-electron chi connectivity index (χ0n) is 14.2. The van der Waals surface area contributed by atoms with Crippen molar-refractivity contribution in [3.8, 4) is 0 Å². The van der Waals surface area contributed by atoms with Gasteiger partial charge in [-0.3, -0.25) is 4.90 Å². The van der Waals surface area contributed by atoms with Crippen LogP contribution in [0.1, 0.15) is 52.4 Å². The van der Waals surface area contributed by atoms with Gasteiger partial charge in [0.05, 0.1) is 0 Å². The molecule has 1 aliphatic heterocycles. The maximum Gasteiger partial charge on any atom is 0.0113 e. The van der Waals surface area contributed by atoms with E-state index in [1.807, 2.05) is 0 Å². The molecule has 0 atom stereocenters. The highest BCUT2D eigenvalue weighted by atomic mass is 15.3. The van der Waals surface area contributed by atoms with Crippen molar-refractivity contribution < 1.29 is 0 Å². The first-order valence-electron chi connectivity index (χ1n) is 9.34. The molecule has 2 aliphatic carbocycles. The second-order valence-corrected chi connectivity index (χ2v) is 8.28. The highest BCUT2D eigenvalue weighted by molar-refractivity contribution is 4.92. The largest absolute Gasteiger partial charge is 0.316 e. The van der Waals surface area contributed by atoms with Gasteiger partial charge < -0.3 is 10.2 Å². The summed E-state index contributed by atoms with van der Waals surface area (Å²) in [5, 5.41) is 3.76. The van der Waals surface area contributed by atoms with Crippen LogP contribution in [0.4, 0.5) is 0 Å². The summed E-state index contributed by atoms with van der Waals surface area (Å²) in [5.74, 6) is 0.769. The summed E-state index contributed by atoms with van der Waals surface area (Å²) in [6.07, 6.45) is 8.71. The van der Waals surface area contributed by atoms with Crippen LogP contribution in [0.25, 0.3) is 0 Å². The molecule has 3 nitrogen and oxygen atoms in total. The van der Waals surface area contributed by atoms with E-state index in [2.05, 4.69) is 29.0 Å². The van der Waals surface area contributed by atoms with Crippen LogP contribution in [-0.4, -0.2) is 61.7 Å². The Kier molecular flexibility index (Phi) is 5.23. The van der Waals surface area contributed by atoms with Crippen molar-refractivity contribution in [1.29, 1.82) is 0 Å². The molecule has 1 N–H and O–H groups in total. The van der Waals surface area contributed by atoms with Gasteiger partial charge in [0.25, 0.3) is 0 Å². The first-order chi connectivity index (χ1) is 10.2. The van der Waals surface area contributed by atoms with Gasteiger partial charge in [-0.15, -0.1) is 0 Å². The minimum absolute atomic E-state index is 0.580. The average Bonchev–Trinajstić information content (AvgIpc) is 3.21. The molecule has 0 bridgehead atoms. The van der Waals surface area contributed by atoms with Crippen molar-refractivity contribution in [1.82, 2.24) is 15.1 Å². The highest BCUT2D eigenvalue weighted by Crippen LogP contribution is 2.38. The van der Waals surface area contributed by atoms with E-state index < -0.39 is 0 Å². The van der Waals surface area contributed by atoms with E-state index in [4.69, 9.17) is 0 Å². The standard InChI is InChI=1S/C18H35N3/c1-16(2)13-19-14-18(7-3-4-8-18)15-20-9-11-21(12-10-20)17-5-6-17/h16-17,19H,3-15H2,1-2H3. The third-order valence-electron chi connectivity index (χ3n) is 5.75. The van der Waals surface area contributed by atoms with Crippen LogP contribution >= 0.6 is 0 Å². The van der Waals surface area contributed by atoms with E-state index in [1.165, 1.54) is 84.3 Å². The SMILES string of the molecule is CC(C)CNCC1(CN2CCN(C3CC3)CC2)CCCC1. The predicted molar refractivity (Wildman–Crippen MR) is 89.6 cm³/mol. The molecule has 3 heteroatoms. The van der Waals surface area contributed by atoms with Crippen molar-refractivity contribution in [2.24, 2.45) is 11.3 Å². The van der Waals surface area contributed by atoms with E-state index in [-0.39, 0.29) is 0 Å². The van der Waals surface area contributed by atoms with E-state index in [9.17, 15) is 0 Å². The molecule has 3 rings (SSSR count). The molecule has 21 heavy (non-hydrogen) atoms. The minimum Gasteiger partial charge on any atom is -0.316 e. The molecule has 1 heterocycles. The highest BCUT2D eigenvalue weighted by Gasteiger charge is 2.37. The number of rotatable bonds is 7. The third kappa shape index (κ3) is 4.43. The Balaban J connectivity index is 1.45. The van der Waals surface area contributed by atoms with Crippen molar-refractivity contribution in [2.45, 2.75) is 58.4 Å². The molecule has 2 saturated carbocycles. The summed E-state index contributed by atoms with van der Waals surface area (Å²) < 4.78 is 0. The van der Waals surface area contributed by atoms with Crippen molar-refractivity contribution in [3.63, 3.8) is 0 Å². The Bertz CT molecular complexity index is 310. The lowest BCUT2D eigenvalue weighted by Gasteiger charge is -2.40. The molecule has 0 unspecified atom stereocenters. The predicted octanol–water partition coefficient (Wildman–Crippen LogP) is 2.57. The summed E-state index contributed by atoms with van der Waals surface area (Å²) >= 11 is 0. The van der Waals surface area contributed by atoms with Gasteiger partial charge in [-0.1, -0.05) is 26.7 Å². The molecule has 0 amide bonds. The fraction of sp³-hybridized carbons (Fsp3) is 1.00. The zero-order chi connectivity index (χ0) is 14.7. The third-order valence-corrected chi connectivity index (χ3v) is 5.75. The summed E-state index contributed by atoms with van der Waals surface area (Å²) in [5.41, 5.74) is 0.580. The van der Waals surface area contributed by atoms with Crippen molar-refractivity contribution in [2.75, 3.05) is 45.8 Å². The molecule has 0 aromatic heterocycles. The molecular weight excluding hydrogens is 258 g/mol. The molecule has 122 valence electrons. The molecule has 0 radical (unpaired) electrons. The van der Waals surface area contributed by atoms with Gasteiger partial charge in [0, 0.05) is 45.3 Å². The summed E-state index contributed by atoms with van der Waals surface area (Å²) in [6.45, 7) is 13.6. The van der Waals surface area contributed by atoms with Crippen molar-refractivity contribution >= 4 is 0 Å². The summed E-state index contributed by atoms with van der Waals surface area (Å²) in [6, 6.07) is 0.959. The first kappa shape index (κ1) is 15.8. The Morgan fingerprint density at radius 2 is 1.71 bits per heavy atom. The molecule has 3 fully saturated rings. The Hall–Kier alpha value is -0.120. The van der Waals surface area contributed by atoms with Crippen LogP contribution in [0, 0.1) is 11.3 Å². The normalized spacial score (nSPS) is 27.6. The van der Waals surface area contributed by atoms with Gasteiger partial charge in [0.15, 0.2) is 0 Å². The van der Waals surface area contributed by atoms with Gasteiger partial charge >= 0.3 is 0 Å². The van der Waals surface area contributed by atoms with Gasteiger partial charge in [-0.05, 0) is 43.6 Å². The number of nitrogens with one attached hydrogen (secondary N) is 1. The lowest BCUT2D eigenvalue weighted by Crippen LogP contribution is -2.51. The first-order valence-corrected chi connectivity index (χ1v) is 9.34. The van der Waals surface area contributed by atoms with Crippen LogP contribution in [0.15, 0.2) is 0 Å². The van der Waals surface area contributed by atoms with Crippen LogP contribution in [0.3, 0.4) is 0 Å². The fourth-order valence-electron chi connectivity index (χ4n) is 4.34. The van der Waals surface area contributed by atoms with Gasteiger partial charge in [0.2, 0.25) is 0 Å². The molecule has 3 aliphatic rings. The summed E-state index contributed by atoms with van der Waals surface area (Å²) in [7, 11) is 0. The lowest BCUT2D eigenvalue weighted by molar-refractivity contribution is 0.0812. The fourth-order valence-corrected chi connectivity index (χ4v) is 4.34. The van der Waals surface area contributed by atoms with Crippen molar-refractivity contribution in [3.05, 3.63) is 0 Å². The van der Waals surface area contributed by atoms with E-state index in [1.54, 1.807) is 0 Å². The molecule has 0 spiro atoms. The van der Waals surface area contributed by atoms with E-state index >= 15 is 0 Å². The maximum atomic E-state index is 3.76. The Morgan fingerprint density at radius 3 is 2.29 bits per heavy atom. The smallest absolute Gasteiger partial charge is 0.0113 e. The van der Waals surface area contributed by atoms with Gasteiger partial charge in [0.1, 0.15) is 0 Å². The quantitative estimate of drug-likeness (QED) is 0.778. The number of hydrogen-bond donors (Lipinski definition) is 1.